The Labute approximate surface area is 119 Å². The summed E-state index contributed by atoms with van der Waals surface area (Å²) in [7, 11) is 1.68. The van der Waals surface area contributed by atoms with Crippen LogP contribution in [0, 0.1) is 17.0 Å². The van der Waals surface area contributed by atoms with E-state index in [1.54, 1.807) is 20.0 Å². The summed E-state index contributed by atoms with van der Waals surface area (Å²) in [5, 5.41) is 13.8. The average molecular weight is 295 g/mol. The molecule has 0 unspecified atom stereocenters. The van der Waals surface area contributed by atoms with Crippen LogP contribution in [0.15, 0.2) is 24.3 Å². The number of benzene rings is 1. The van der Waals surface area contributed by atoms with E-state index < -0.39 is 4.92 Å². The molecule has 0 aliphatic heterocycles. The Morgan fingerprint density at radius 2 is 2.10 bits per heavy atom. The highest BCUT2D eigenvalue weighted by Crippen LogP contribution is 2.32. The SMILES string of the molecule is CNc1nc(C)cc(Oc2cc([N+](=O)[O-])ccc2Cl)n1. The molecule has 0 saturated heterocycles. The average Bonchev–Trinajstić information content (AvgIpc) is 2.40. The Bertz CT molecular complexity index is 663. The zero-order chi connectivity index (χ0) is 14.7. The van der Waals surface area contributed by atoms with Crippen LogP contribution >= 0.6 is 11.6 Å². The highest BCUT2D eigenvalue weighted by molar-refractivity contribution is 6.32. The van der Waals surface area contributed by atoms with E-state index in [9.17, 15) is 10.1 Å². The first-order valence-corrected chi connectivity index (χ1v) is 6.02. The number of non-ortho nitro benzene ring substituents is 1. The number of aryl methyl sites for hydroxylation is 1. The highest BCUT2D eigenvalue weighted by atomic mass is 35.5. The van der Waals surface area contributed by atoms with E-state index in [0.29, 0.717) is 11.6 Å². The third-order valence-corrected chi connectivity index (χ3v) is 2.71. The molecule has 0 atom stereocenters. The topological polar surface area (TPSA) is 90.2 Å². The summed E-state index contributed by atoms with van der Waals surface area (Å²) < 4.78 is 5.50. The van der Waals surface area contributed by atoms with Gasteiger partial charge in [0, 0.05) is 24.9 Å². The lowest BCUT2D eigenvalue weighted by Crippen LogP contribution is -2.00. The summed E-state index contributed by atoms with van der Waals surface area (Å²) in [5.74, 6) is 0.812. The van der Waals surface area contributed by atoms with Gasteiger partial charge in [0.05, 0.1) is 16.0 Å². The van der Waals surface area contributed by atoms with Crippen LogP contribution in [-0.2, 0) is 0 Å². The number of rotatable bonds is 4. The van der Waals surface area contributed by atoms with Gasteiger partial charge in [0.15, 0.2) is 5.75 Å². The van der Waals surface area contributed by atoms with Gasteiger partial charge >= 0.3 is 0 Å². The van der Waals surface area contributed by atoms with Crippen molar-refractivity contribution < 1.29 is 9.66 Å². The molecule has 0 spiro atoms. The van der Waals surface area contributed by atoms with Crippen LogP contribution in [0.3, 0.4) is 0 Å². The monoisotopic (exact) mass is 294 g/mol. The molecule has 1 aromatic carbocycles. The number of hydrogen-bond acceptors (Lipinski definition) is 6. The summed E-state index contributed by atoms with van der Waals surface area (Å²) in [6.07, 6.45) is 0. The Morgan fingerprint density at radius 1 is 1.35 bits per heavy atom. The van der Waals surface area contributed by atoms with E-state index in [2.05, 4.69) is 15.3 Å². The molecule has 1 heterocycles. The van der Waals surface area contributed by atoms with E-state index in [1.807, 2.05) is 0 Å². The van der Waals surface area contributed by atoms with Crippen LogP contribution in [0.2, 0.25) is 5.02 Å². The maximum atomic E-state index is 10.7. The Kier molecular flexibility index (Phi) is 3.99. The van der Waals surface area contributed by atoms with E-state index >= 15 is 0 Å². The van der Waals surface area contributed by atoms with Crippen molar-refractivity contribution in [3.8, 4) is 11.6 Å². The Morgan fingerprint density at radius 3 is 2.75 bits per heavy atom. The van der Waals surface area contributed by atoms with Crippen molar-refractivity contribution in [2.75, 3.05) is 12.4 Å². The fourth-order valence-electron chi connectivity index (χ4n) is 1.50. The van der Waals surface area contributed by atoms with Gasteiger partial charge in [-0.1, -0.05) is 11.6 Å². The third kappa shape index (κ3) is 3.12. The Balaban J connectivity index is 2.36. The number of aromatic nitrogens is 2. The second kappa shape index (κ2) is 5.70. The number of nitro benzene ring substituents is 1. The first kappa shape index (κ1) is 14.0. The molecule has 0 radical (unpaired) electrons. The molecular formula is C12H11ClN4O3. The molecule has 0 aliphatic rings. The van der Waals surface area contributed by atoms with Crippen molar-refractivity contribution in [1.29, 1.82) is 0 Å². The van der Waals surface area contributed by atoms with Gasteiger partial charge in [0.1, 0.15) is 0 Å². The molecule has 104 valence electrons. The van der Waals surface area contributed by atoms with Crippen molar-refractivity contribution in [3.05, 3.63) is 45.1 Å². The zero-order valence-corrected chi connectivity index (χ0v) is 11.5. The Hall–Kier alpha value is -2.41. The molecule has 8 heteroatoms. The molecule has 0 amide bonds. The van der Waals surface area contributed by atoms with Gasteiger partial charge in [0.25, 0.3) is 5.69 Å². The van der Waals surface area contributed by atoms with Gasteiger partial charge in [-0.15, -0.1) is 0 Å². The van der Waals surface area contributed by atoms with Crippen molar-refractivity contribution in [2.24, 2.45) is 0 Å². The lowest BCUT2D eigenvalue weighted by molar-refractivity contribution is -0.384. The molecule has 2 aromatic rings. The molecule has 2 rings (SSSR count). The fraction of sp³-hybridized carbons (Fsp3) is 0.167. The first-order valence-electron chi connectivity index (χ1n) is 5.65. The first-order chi connectivity index (χ1) is 9.49. The number of ether oxygens (including phenoxy) is 1. The fourth-order valence-corrected chi connectivity index (χ4v) is 1.66. The van der Waals surface area contributed by atoms with E-state index in [-0.39, 0.29) is 22.3 Å². The number of nitrogens with zero attached hydrogens (tertiary/aromatic N) is 3. The molecular weight excluding hydrogens is 284 g/mol. The summed E-state index contributed by atoms with van der Waals surface area (Å²) in [5.41, 5.74) is 0.588. The minimum absolute atomic E-state index is 0.107. The van der Waals surface area contributed by atoms with Crippen LogP contribution < -0.4 is 10.1 Å². The zero-order valence-electron chi connectivity index (χ0n) is 10.8. The normalized spacial score (nSPS) is 10.2. The van der Waals surface area contributed by atoms with Crippen molar-refractivity contribution in [1.82, 2.24) is 9.97 Å². The number of hydrogen-bond donors (Lipinski definition) is 1. The molecule has 0 aliphatic carbocycles. The van der Waals surface area contributed by atoms with Crippen LogP contribution in [0.4, 0.5) is 11.6 Å². The summed E-state index contributed by atoms with van der Waals surface area (Å²) >= 11 is 5.96. The van der Waals surface area contributed by atoms with Gasteiger partial charge in [0.2, 0.25) is 11.8 Å². The quantitative estimate of drug-likeness (QED) is 0.688. The number of nitro groups is 1. The van der Waals surface area contributed by atoms with Crippen molar-refractivity contribution >= 4 is 23.2 Å². The number of nitrogens with one attached hydrogen (secondary N) is 1. The van der Waals surface area contributed by atoms with E-state index in [0.717, 1.165) is 0 Å². The summed E-state index contributed by atoms with van der Waals surface area (Å²) in [4.78, 5) is 18.4. The van der Waals surface area contributed by atoms with Gasteiger partial charge in [-0.2, -0.15) is 4.98 Å². The third-order valence-electron chi connectivity index (χ3n) is 2.39. The van der Waals surface area contributed by atoms with Crippen molar-refractivity contribution in [2.45, 2.75) is 6.92 Å². The standard InChI is InChI=1S/C12H11ClN4O3/c1-7-5-11(16-12(14-2)15-7)20-10-6-8(17(18)19)3-4-9(10)13/h3-6H,1-2H3,(H,14,15,16). The second-order valence-corrected chi connectivity index (χ2v) is 4.30. The molecule has 1 aromatic heterocycles. The van der Waals surface area contributed by atoms with Crippen LogP contribution in [0.25, 0.3) is 0 Å². The highest BCUT2D eigenvalue weighted by Gasteiger charge is 2.12. The predicted octanol–water partition coefficient (Wildman–Crippen LogP) is 3.18. The predicted molar refractivity (Wildman–Crippen MR) is 74.5 cm³/mol. The molecule has 0 saturated carbocycles. The minimum Gasteiger partial charge on any atom is -0.437 e. The lowest BCUT2D eigenvalue weighted by atomic mass is 10.3. The molecule has 7 nitrogen and oxygen atoms in total. The molecule has 20 heavy (non-hydrogen) atoms. The molecule has 0 fully saturated rings. The summed E-state index contributed by atoms with van der Waals surface area (Å²) in [6, 6.07) is 5.57. The lowest BCUT2D eigenvalue weighted by Gasteiger charge is -2.08. The number of anilines is 1. The smallest absolute Gasteiger partial charge is 0.273 e. The van der Waals surface area contributed by atoms with Crippen LogP contribution in [0.5, 0.6) is 11.6 Å². The van der Waals surface area contributed by atoms with Gasteiger partial charge in [-0.3, -0.25) is 10.1 Å². The second-order valence-electron chi connectivity index (χ2n) is 3.90. The van der Waals surface area contributed by atoms with E-state index in [1.165, 1.54) is 18.2 Å². The van der Waals surface area contributed by atoms with Crippen molar-refractivity contribution in [3.63, 3.8) is 0 Å². The van der Waals surface area contributed by atoms with Gasteiger partial charge in [-0.25, -0.2) is 4.98 Å². The maximum absolute atomic E-state index is 10.7. The number of halogens is 1. The van der Waals surface area contributed by atoms with Gasteiger partial charge < -0.3 is 10.1 Å². The van der Waals surface area contributed by atoms with Gasteiger partial charge in [-0.05, 0) is 13.0 Å². The molecule has 1 N–H and O–H groups in total. The van der Waals surface area contributed by atoms with Crippen LogP contribution in [-0.4, -0.2) is 21.9 Å². The van der Waals surface area contributed by atoms with E-state index in [4.69, 9.17) is 16.3 Å². The molecule has 0 bridgehead atoms. The summed E-state index contributed by atoms with van der Waals surface area (Å²) in [6.45, 7) is 1.78. The largest absolute Gasteiger partial charge is 0.437 e. The maximum Gasteiger partial charge on any atom is 0.273 e. The van der Waals surface area contributed by atoms with Crippen LogP contribution in [0.1, 0.15) is 5.69 Å². The minimum atomic E-state index is -0.520.